The molecule has 7 heteroatoms. The van der Waals surface area contributed by atoms with Crippen LogP contribution in [0.15, 0.2) is 30.3 Å². The zero-order valence-corrected chi connectivity index (χ0v) is 18.3. The highest BCUT2D eigenvalue weighted by atomic mass is 35.5. The second kappa shape index (κ2) is 12.5. The Labute approximate surface area is 174 Å². The second-order valence-electron chi connectivity index (χ2n) is 7.13. The summed E-state index contributed by atoms with van der Waals surface area (Å²) in [5, 5.41) is 7.58. The molecule has 0 radical (unpaired) electrons. The largest absolute Gasteiger partial charge is 0.328 e. The zero-order valence-electron chi connectivity index (χ0n) is 17.5. The van der Waals surface area contributed by atoms with Crippen molar-refractivity contribution < 1.29 is 14.4 Å². The van der Waals surface area contributed by atoms with E-state index in [1.807, 2.05) is 27.0 Å². The van der Waals surface area contributed by atoms with Crippen molar-refractivity contribution >= 4 is 30.3 Å². The molecule has 4 amide bonds. The predicted molar refractivity (Wildman–Crippen MR) is 114 cm³/mol. The summed E-state index contributed by atoms with van der Waals surface area (Å²) >= 11 is 0. The Kier molecular flexibility index (Phi) is 11.7. The van der Waals surface area contributed by atoms with Crippen LogP contribution in [0.3, 0.4) is 0 Å². The molecule has 0 aliphatic carbocycles. The molecular formula is C21H34ClN3O3. The van der Waals surface area contributed by atoms with Gasteiger partial charge in [-0.15, -0.1) is 12.4 Å². The minimum atomic E-state index is -1.09. The van der Waals surface area contributed by atoms with Crippen LogP contribution in [-0.4, -0.2) is 30.9 Å². The molecular weight excluding hydrogens is 378 g/mol. The van der Waals surface area contributed by atoms with Gasteiger partial charge in [0.05, 0.1) is 0 Å². The Morgan fingerprint density at radius 3 is 1.96 bits per heavy atom. The molecule has 1 saturated heterocycles. The lowest BCUT2D eigenvalue weighted by atomic mass is 9.70. The third kappa shape index (κ3) is 6.60. The standard InChI is InChI=1S/C11H18N2O3.C10H15N.ClH/c1-4-6-7(3)11(5-2)8(14)12-10(16)13-9(11)15;1-9(11-2)8-10-6-4-3-5-7-10;/h7H,4-6H2,1-3H3,(H2,12,13,14,15,16);3-7,9,11H,8H2,1-2H3;1H. The second-order valence-corrected chi connectivity index (χ2v) is 7.13. The molecule has 1 heterocycles. The lowest BCUT2D eigenvalue weighted by molar-refractivity contribution is -0.148. The fourth-order valence-corrected chi connectivity index (χ4v) is 3.43. The molecule has 2 rings (SSSR count). The van der Waals surface area contributed by atoms with Crippen LogP contribution in [0.5, 0.6) is 0 Å². The van der Waals surface area contributed by atoms with Crippen LogP contribution in [-0.2, 0) is 16.0 Å². The fraction of sp³-hybridized carbons (Fsp3) is 0.571. The van der Waals surface area contributed by atoms with Gasteiger partial charge in [0.15, 0.2) is 0 Å². The number of likely N-dealkylation sites (N-methyl/N-ethyl adjacent to an activating group) is 1. The van der Waals surface area contributed by atoms with E-state index >= 15 is 0 Å². The summed E-state index contributed by atoms with van der Waals surface area (Å²) in [5.74, 6) is -1.01. The average Bonchev–Trinajstić information content (AvgIpc) is 2.63. The third-order valence-corrected chi connectivity index (χ3v) is 5.26. The highest BCUT2D eigenvalue weighted by Gasteiger charge is 2.52. The summed E-state index contributed by atoms with van der Waals surface area (Å²) in [6.45, 7) is 7.86. The van der Waals surface area contributed by atoms with Gasteiger partial charge in [0.2, 0.25) is 11.8 Å². The number of carbonyl (C=O) groups excluding carboxylic acids is 3. The van der Waals surface area contributed by atoms with E-state index < -0.39 is 23.3 Å². The van der Waals surface area contributed by atoms with Gasteiger partial charge in [0, 0.05) is 6.04 Å². The van der Waals surface area contributed by atoms with Gasteiger partial charge >= 0.3 is 6.03 Å². The number of imide groups is 2. The number of carbonyl (C=O) groups is 3. The summed E-state index contributed by atoms with van der Waals surface area (Å²) in [7, 11) is 1.99. The molecule has 0 saturated carbocycles. The van der Waals surface area contributed by atoms with E-state index in [1.54, 1.807) is 6.92 Å². The van der Waals surface area contributed by atoms with Crippen LogP contribution in [0.2, 0.25) is 0 Å². The smallest absolute Gasteiger partial charge is 0.317 e. The van der Waals surface area contributed by atoms with E-state index in [-0.39, 0.29) is 18.3 Å². The van der Waals surface area contributed by atoms with Gasteiger partial charge in [-0.1, -0.05) is 57.5 Å². The Morgan fingerprint density at radius 2 is 1.54 bits per heavy atom. The number of nitrogens with one attached hydrogen (secondary N) is 3. The maximum Gasteiger partial charge on any atom is 0.328 e. The molecule has 1 fully saturated rings. The van der Waals surface area contributed by atoms with E-state index in [2.05, 4.69) is 47.1 Å². The van der Waals surface area contributed by atoms with E-state index in [1.165, 1.54) is 5.56 Å². The van der Waals surface area contributed by atoms with Crippen molar-refractivity contribution in [2.75, 3.05) is 7.05 Å². The van der Waals surface area contributed by atoms with Crippen molar-refractivity contribution in [2.24, 2.45) is 11.3 Å². The van der Waals surface area contributed by atoms with E-state index in [4.69, 9.17) is 0 Å². The molecule has 2 atom stereocenters. The molecule has 2 unspecified atom stereocenters. The van der Waals surface area contributed by atoms with Crippen LogP contribution in [0.1, 0.15) is 52.5 Å². The molecule has 3 N–H and O–H groups in total. The van der Waals surface area contributed by atoms with Crippen LogP contribution in [0.25, 0.3) is 0 Å². The van der Waals surface area contributed by atoms with Gasteiger partial charge in [-0.3, -0.25) is 20.2 Å². The number of amides is 4. The molecule has 1 aromatic rings. The Hall–Kier alpha value is -1.92. The number of hydrogen-bond acceptors (Lipinski definition) is 4. The quantitative estimate of drug-likeness (QED) is 0.599. The summed E-state index contributed by atoms with van der Waals surface area (Å²) in [4.78, 5) is 34.8. The first-order chi connectivity index (χ1) is 12.8. The van der Waals surface area contributed by atoms with Crippen molar-refractivity contribution in [3.8, 4) is 0 Å². The highest BCUT2D eigenvalue weighted by Crippen LogP contribution is 2.36. The molecule has 0 spiro atoms. The fourth-order valence-electron chi connectivity index (χ4n) is 3.43. The molecule has 158 valence electrons. The number of urea groups is 1. The number of benzene rings is 1. The predicted octanol–water partition coefficient (Wildman–Crippen LogP) is 3.44. The Bertz CT molecular complexity index is 617. The number of barbiturate groups is 1. The maximum atomic E-state index is 11.9. The first kappa shape index (κ1) is 26.1. The van der Waals surface area contributed by atoms with Crippen molar-refractivity contribution in [1.29, 1.82) is 0 Å². The number of rotatable bonds is 7. The van der Waals surface area contributed by atoms with Gasteiger partial charge in [-0.25, -0.2) is 4.79 Å². The molecule has 1 aliphatic heterocycles. The minimum absolute atomic E-state index is 0. The minimum Gasteiger partial charge on any atom is -0.317 e. The van der Waals surface area contributed by atoms with Crippen molar-refractivity contribution in [3.63, 3.8) is 0 Å². The zero-order chi connectivity index (χ0) is 20.4. The summed E-state index contributed by atoms with van der Waals surface area (Å²) in [6.07, 6.45) is 3.19. The molecule has 0 aromatic heterocycles. The van der Waals surface area contributed by atoms with Gasteiger partial charge < -0.3 is 5.32 Å². The van der Waals surface area contributed by atoms with E-state index in [0.29, 0.717) is 12.5 Å². The molecule has 6 nitrogen and oxygen atoms in total. The topological polar surface area (TPSA) is 87.3 Å². The van der Waals surface area contributed by atoms with Crippen LogP contribution in [0.4, 0.5) is 4.79 Å². The van der Waals surface area contributed by atoms with Gasteiger partial charge in [-0.05, 0) is 44.7 Å². The third-order valence-electron chi connectivity index (χ3n) is 5.26. The Balaban J connectivity index is 0.000000535. The van der Waals surface area contributed by atoms with Crippen LogP contribution >= 0.6 is 12.4 Å². The molecule has 1 aromatic carbocycles. The lowest BCUT2D eigenvalue weighted by Crippen LogP contribution is -2.64. The van der Waals surface area contributed by atoms with Crippen LogP contribution in [0, 0.1) is 11.3 Å². The highest BCUT2D eigenvalue weighted by molar-refractivity contribution is 6.19. The number of halogens is 1. The van der Waals surface area contributed by atoms with Crippen molar-refractivity contribution in [3.05, 3.63) is 35.9 Å². The van der Waals surface area contributed by atoms with E-state index in [0.717, 1.165) is 19.3 Å². The summed E-state index contributed by atoms with van der Waals surface area (Å²) < 4.78 is 0. The first-order valence-electron chi connectivity index (χ1n) is 9.69. The normalized spacial score (nSPS) is 17.2. The van der Waals surface area contributed by atoms with E-state index in [9.17, 15) is 14.4 Å². The average molecular weight is 412 g/mol. The number of hydrogen-bond donors (Lipinski definition) is 3. The monoisotopic (exact) mass is 411 g/mol. The van der Waals surface area contributed by atoms with Gasteiger partial charge in [0.25, 0.3) is 0 Å². The van der Waals surface area contributed by atoms with Crippen molar-refractivity contribution in [1.82, 2.24) is 16.0 Å². The van der Waals surface area contributed by atoms with Gasteiger partial charge in [-0.2, -0.15) is 0 Å². The first-order valence-corrected chi connectivity index (χ1v) is 9.69. The van der Waals surface area contributed by atoms with Crippen LogP contribution < -0.4 is 16.0 Å². The lowest BCUT2D eigenvalue weighted by Gasteiger charge is -2.37. The van der Waals surface area contributed by atoms with Crippen molar-refractivity contribution in [2.45, 2.75) is 59.4 Å². The molecule has 0 bridgehead atoms. The maximum absolute atomic E-state index is 11.9. The summed E-state index contributed by atoms with van der Waals surface area (Å²) in [5.41, 5.74) is 0.304. The molecule has 28 heavy (non-hydrogen) atoms. The SMILES string of the molecule is CCCC(C)C1(CC)C(=O)NC(=O)NC1=O.CNC(C)Cc1ccccc1.Cl. The summed E-state index contributed by atoms with van der Waals surface area (Å²) in [6, 6.07) is 10.4. The molecule has 1 aliphatic rings. The van der Waals surface area contributed by atoms with Gasteiger partial charge in [0.1, 0.15) is 5.41 Å². The Morgan fingerprint density at radius 1 is 1.00 bits per heavy atom.